The smallest absolute Gasteiger partial charge is 0.0309 e. The van der Waals surface area contributed by atoms with Crippen LogP contribution in [0.3, 0.4) is 0 Å². The van der Waals surface area contributed by atoms with Gasteiger partial charge in [-0.3, -0.25) is 4.90 Å². The van der Waals surface area contributed by atoms with Gasteiger partial charge < -0.3 is 5.32 Å². The molecule has 0 amide bonds. The zero-order chi connectivity index (χ0) is 12.1. The maximum absolute atomic E-state index is 3.87. The highest BCUT2D eigenvalue weighted by atomic mass is 15.3. The molecule has 2 saturated carbocycles. The van der Waals surface area contributed by atoms with E-state index in [1.807, 2.05) is 0 Å². The van der Waals surface area contributed by atoms with Crippen molar-refractivity contribution in [2.24, 2.45) is 5.92 Å². The molecule has 2 heteroatoms. The molecule has 2 nitrogen and oxygen atoms in total. The Morgan fingerprint density at radius 3 is 2.41 bits per heavy atom. The first kappa shape index (κ1) is 12.0. The van der Waals surface area contributed by atoms with Crippen molar-refractivity contribution in [3.63, 3.8) is 0 Å². The molecule has 1 heterocycles. The summed E-state index contributed by atoms with van der Waals surface area (Å²) in [4.78, 5) is 2.87. The third kappa shape index (κ3) is 1.94. The van der Waals surface area contributed by atoms with Crippen molar-refractivity contribution in [2.75, 3.05) is 13.1 Å². The Balaban J connectivity index is 1.76. The van der Waals surface area contributed by atoms with E-state index in [0.29, 0.717) is 11.1 Å². The summed E-state index contributed by atoms with van der Waals surface area (Å²) >= 11 is 0. The summed E-state index contributed by atoms with van der Waals surface area (Å²) in [5, 5.41) is 3.87. The zero-order valence-corrected chi connectivity index (χ0v) is 11.8. The molecule has 0 bridgehead atoms. The lowest BCUT2D eigenvalue weighted by molar-refractivity contribution is -0.0511. The Labute approximate surface area is 106 Å². The quantitative estimate of drug-likeness (QED) is 0.810. The third-order valence-corrected chi connectivity index (χ3v) is 5.75. The van der Waals surface area contributed by atoms with E-state index in [0.717, 1.165) is 12.0 Å². The molecule has 2 unspecified atom stereocenters. The molecule has 3 fully saturated rings. The fraction of sp³-hybridized carbons (Fsp3) is 1.00. The average Bonchev–Trinajstić information content (AvgIpc) is 3.10. The Morgan fingerprint density at radius 1 is 1.24 bits per heavy atom. The van der Waals surface area contributed by atoms with Crippen LogP contribution in [-0.4, -0.2) is 35.1 Å². The van der Waals surface area contributed by atoms with Crippen LogP contribution >= 0.6 is 0 Å². The molecule has 1 aliphatic heterocycles. The van der Waals surface area contributed by atoms with Crippen molar-refractivity contribution in [1.29, 1.82) is 0 Å². The molecule has 98 valence electrons. The third-order valence-electron chi connectivity index (χ3n) is 5.75. The lowest BCUT2D eigenvalue weighted by Gasteiger charge is -2.57. The van der Waals surface area contributed by atoms with Crippen molar-refractivity contribution < 1.29 is 0 Å². The molecular formula is C15H28N2. The molecule has 0 aromatic heterocycles. The minimum absolute atomic E-state index is 0.407. The molecule has 2 atom stereocenters. The fourth-order valence-corrected chi connectivity index (χ4v) is 3.97. The zero-order valence-electron chi connectivity index (χ0n) is 11.8. The molecule has 3 aliphatic rings. The van der Waals surface area contributed by atoms with E-state index >= 15 is 0 Å². The highest BCUT2D eigenvalue weighted by Crippen LogP contribution is 2.46. The van der Waals surface area contributed by atoms with Crippen molar-refractivity contribution >= 4 is 0 Å². The van der Waals surface area contributed by atoms with E-state index in [4.69, 9.17) is 0 Å². The minimum atomic E-state index is 0.407. The van der Waals surface area contributed by atoms with Gasteiger partial charge in [-0.05, 0) is 58.3 Å². The van der Waals surface area contributed by atoms with Gasteiger partial charge in [-0.1, -0.05) is 6.92 Å². The lowest BCUT2D eigenvalue weighted by atomic mass is 9.74. The first-order valence-electron chi connectivity index (χ1n) is 7.59. The second-order valence-corrected chi connectivity index (χ2v) is 7.11. The van der Waals surface area contributed by atoms with E-state index in [-0.39, 0.29) is 0 Å². The van der Waals surface area contributed by atoms with Crippen LogP contribution < -0.4 is 5.32 Å². The van der Waals surface area contributed by atoms with Crippen molar-refractivity contribution in [3.05, 3.63) is 0 Å². The highest BCUT2D eigenvalue weighted by molar-refractivity contribution is 5.08. The minimum Gasteiger partial charge on any atom is -0.308 e. The Morgan fingerprint density at radius 2 is 1.94 bits per heavy atom. The number of hydrogen-bond donors (Lipinski definition) is 1. The van der Waals surface area contributed by atoms with Crippen LogP contribution in [0.5, 0.6) is 0 Å². The van der Waals surface area contributed by atoms with E-state index < -0.39 is 0 Å². The topological polar surface area (TPSA) is 15.3 Å². The van der Waals surface area contributed by atoms with Crippen LogP contribution in [0.1, 0.15) is 59.3 Å². The van der Waals surface area contributed by atoms with E-state index in [1.54, 1.807) is 0 Å². The van der Waals surface area contributed by atoms with Gasteiger partial charge in [0.05, 0.1) is 0 Å². The molecule has 3 rings (SSSR count). The van der Waals surface area contributed by atoms with Gasteiger partial charge in [0.15, 0.2) is 0 Å². The summed E-state index contributed by atoms with van der Waals surface area (Å²) in [5.74, 6) is 0.950. The van der Waals surface area contributed by atoms with Gasteiger partial charge in [0.25, 0.3) is 0 Å². The normalized spacial score (nSPS) is 42.2. The van der Waals surface area contributed by atoms with E-state index in [9.17, 15) is 0 Å². The average molecular weight is 236 g/mol. The van der Waals surface area contributed by atoms with E-state index in [2.05, 4.69) is 31.0 Å². The summed E-state index contributed by atoms with van der Waals surface area (Å²) in [5.41, 5.74) is 0.934. The van der Waals surface area contributed by atoms with Gasteiger partial charge in [-0.15, -0.1) is 0 Å². The van der Waals surface area contributed by atoms with Gasteiger partial charge in [-0.2, -0.15) is 0 Å². The Kier molecular flexibility index (Phi) is 2.79. The summed E-state index contributed by atoms with van der Waals surface area (Å²) in [6.07, 6.45) is 8.48. The predicted molar refractivity (Wildman–Crippen MR) is 72.2 cm³/mol. The van der Waals surface area contributed by atoms with Gasteiger partial charge in [-0.25, -0.2) is 0 Å². The fourth-order valence-electron chi connectivity index (χ4n) is 3.97. The molecule has 0 spiro atoms. The number of hydrogen-bond acceptors (Lipinski definition) is 2. The first-order valence-corrected chi connectivity index (χ1v) is 7.59. The molecule has 1 N–H and O–H groups in total. The van der Waals surface area contributed by atoms with Gasteiger partial charge in [0.1, 0.15) is 0 Å². The van der Waals surface area contributed by atoms with Crippen LogP contribution in [0.25, 0.3) is 0 Å². The van der Waals surface area contributed by atoms with Crippen LogP contribution in [0.15, 0.2) is 0 Å². The second-order valence-electron chi connectivity index (χ2n) is 7.11. The Hall–Kier alpha value is -0.0800. The van der Waals surface area contributed by atoms with Gasteiger partial charge in [0.2, 0.25) is 0 Å². The SMILES string of the molecule is CCC1CNC(C)(C2CC2)CN1C1(C)CCC1. The van der Waals surface area contributed by atoms with E-state index in [1.165, 1.54) is 51.6 Å². The largest absolute Gasteiger partial charge is 0.308 e. The molecule has 0 radical (unpaired) electrons. The number of rotatable bonds is 3. The standard InChI is InChI=1S/C15H28N2/c1-4-13-10-16-15(3,12-6-7-12)11-17(13)14(2)8-5-9-14/h12-13,16H,4-11H2,1-3H3. The van der Waals surface area contributed by atoms with Crippen molar-refractivity contribution in [1.82, 2.24) is 10.2 Å². The molecule has 0 aromatic carbocycles. The monoisotopic (exact) mass is 236 g/mol. The van der Waals surface area contributed by atoms with Crippen LogP contribution in [0.2, 0.25) is 0 Å². The van der Waals surface area contributed by atoms with Crippen LogP contribution in [0.4, 0.5) is 0 Å². The first-order chi connectivity index (χ1) is 8.07. The Bertz CT molecular complexity index is 293. The summed E-state index contributed by atoms with van der Waals surface area (Å²) in [6, 6.07) is 0.770. The summed E-state index contributed by atoms with van der Waals surface area (Å²) < 4.78 is 0. The van der Waals surface area contributed by atoms with Gasteiger partial charge in [0, 0.05) is 30.2 Å². The maximum Gasteiger partial charge on any atom is 0.0309 e. The van der Waals surface area contributed by atoms with Crippen molar-refractivity contribution in [2.45, 2.75) is 76.4 Å². The summed E-state index contributed by atoms with van der Waals surface area (Å²) in [7, 11) is 0. The highest BCUT2D eigenvalue weighted by Gasteiger charge is 2.50. The van der Waals surface area contributed by atoms with Crippen LogP contribution in [0, 0.1) is 5.92 Å². The number of nitrogens with one attached hydrogen (secondary N) is 1. The lowest BCUT2D eigenvalue weighted by Crippen LogP contribution is -2.70. The predicted octanol–water partition coefficient (Wildman–Crippen LogP) is 2.78. The van der Waals surface area contributed by atoms with Crippen LogP contribution in [-0.2, 0) is 0 Å². The molecular weight excluding hydrogens is 208 g/mol. The number of piperazine rings is 1. The molecule has 0 aromatic rings. The molecule has 1 saturated heterocycles. The van der Waals surface area contributed by atoms with Crippen molar-refractivity contribution in [3.8, 4) is 0 Å². The second kappa shape index (κ2) is 3.96. The number of nitrogens with zero attached hydrogens (tertiary/aromatic N) is 1. The molecule has 17 heavy (non-hydrogen) atoms. The summed E-state index contributed by atoms with van der Waals surface area (Å²) in [6.45, 7) is 9.80. The molecule has 2 aliphatic carbocycles. The maximum atomic E-state index is 3.87. The van der Waals surface area contributed by atoms with Gasteiger partial charge >= 0.3 is 0 Å².